The number of amides is 2. The molecule has 0 radical (unpaired) electrons. The molecular formula is C18H23F2N5O. The predicted octanol–water partition coefficient (Wildman–Crippen LogP) is 2.26. The molecule has 1 aromatic carbocycles. The maximum atomic E-state index is 14.1. The molecule has 1 N–H and O–H groups in total. The molecule has 0 unspecified atom stereocenters. The molecule has 0 saturated carbocycles. The van der Waals surface area contributed by atoms with Gasteiger partial charge in [0.05, 0.1) is 24.5 Å². The second-order valence-electron chi connectivity index (χ2n) is 6.78. The number of hydrogen-bond donors (Lipinski definition) is 1. The van der Waals surface area contributed by atoms with Crippen LogP contribution < -0.4 is 5.32 Å². The first kappa shape index (κ1) is 18.3. The molecule has 6 nitrogen and oxygen atoms in total. The number of nitrogens with one attached hydrogen (secondary N) is 1. The molecule has 1 aliphatic heterocycles. The lowest BCUT2D eigenvalue weighted by Crippen LogP contribution is -2.34. The number of aryl methyl sites for hydroxylation is 1. The van der Waals surface area contributed by atoms with E-state index in [9.17, 15) is 13.6 Å². The number of hydrogen-bond acceptors (Lipinski definition) is 3. The van der Waals surface area contributed by atoms with E-state index in [4.69, 9.17) is 0 Å². The van der Waals surface area contributed by atoms with Crippen LogP contribution in [0.5, 0.6) is 0 Å². The monoisotopic (exact) mass is 363 g/mol. The minimum Gasteiger partial charge on any atom is -0.332 e. The molecule has 26 heavy (non-hydrogen) atoms. The largest absolute Gasteiger partial charge is 0.332 e. The first-order chi connectivity index (χ1) is 12.3. The third-order valence-electron chi connectivity index (χ3n) is 4.50. The van der Waals surface area contributed by atoms with E-state index < -0.39 is 11.6 Å². The van der Waals surface area contributed by atoms with Gasteiger partial charge in [-0.1, -0.05) is 12.1 Å². The van der Waals surface area contributed by atoms with Crippen LogP contribution in [0.3, 0.4) is 0 Å². The van der Waals surface area contributed by atoms with Crippen LogP contribution in [0, 0.1) is 18.6 Å². The van der Waals surface area contributed by atoms with E-state index >= 15 is 0 Å². The molecule has 0 saturated heterocycles. The molecule has 0 spiro atoms. The van der Waals surface area contributed by atoms with Crippen molar-refractivity contribution in [2.75, 3.05) is 20.6 Å². The average molecular weight is 363 g/mol. The Hall–Kier alpha value is -2.48. The van der Waals surface area contributed by atoms with Crippen molar-refractivity contribution in [3.63, 3.8) is 0 Å². The highest BCUT2D eigenvalue weighted by Gasteiger charge is 2.21. The molecule has 2 heterocycles. The maximum Gasteiger partial charge on any atom is 0.317 e. The van der Waals surface area contributed by atoms with Gasteiger partial charge in [-0.2, -0.15) is 5.10 Å². The number of rotatable bonds is 4. The van der Waals surface area contributed by atoms with Crippen molar-refractivity contribution in [1.29, 1.82) is 0 Å². The van der Waals surface area contributed by atoms with Gasteiger partial charge in [0.1, 0.15) is 0 Å². The Bertz CT molecular complexity index is 818. The molecule has 2 amide bonds. The Morgan fingerprint density at radius 1 is 1.27 bits per heavy atom. The van der Waals surface area contributed by atoms with E-state index in [-0.39, 0.29) is 6.03 Å². The summed E-state index contributed by atoms with van der Waals surface area (Å²) in [6.45, 7) is 4.23. The number of benzene rings is 1. The molecule has 3 rings (SSSR count). The molecule has 1 aliphatic rings. The molecule has 8 heteroatoms. The van der Waals surface area contributed by atoms with E-state index in [1.54, 1.807) is 33.2 Å². The van der Waals surface area contributed by atoms with Gasteiger partial charge in [0.15, 0.2) is 11.6 Å². The molecule has 2 aromatic rings. The summed E-state index contributed by atoms with van der Waals surface area (Å²) in [5, 5.41) is 7.27. The SMILES string of the molecule is Cc1ccc(CN2CCn3nc(CNC(=O)N(C)C)cc3C2)c(F)c1F. The van der Waals surface area contributed by atoms with Crippen LogP contribution in [0.4, 0.5) is 13.6 Å². The Morgan fingerprint density at radius 3 is 2.77 bits per heavy atom. The number of halogens is 2. The lowest BCUT2D eigenvalue weighted by molar-refractivity contribution is 0.202. The molecule has 0 atom stereocenters. The van der Waals surface area contributed by atoms with Crippen molar-refractivity contribution < 1.29 is 13.6 Å². The lowest BCUT2D eigenvalue weighted by Gasteiger charge is -2.27. The van der Waals surface area contributed by atoms with Crippen molar-refractivity contribution in [3.8, 4) is 0 Å². The van der Waals surface area contributed by atoms with Crippen molar-refractivity contribution in [2.45, 2.75) is 33.1 Å². The van der Waals surface area contributed by atoms with Gasteiger partial charge in [-0.25, -0.2) is 13.6 Å². The highest BCUT2D eigenvalue weighted by molar-refractivity contribution is 5.73. The fourth-order valence-corrected chi connectivity index (χ4v) is 2.97. The third-order valence-corrected chi connectivity index (χ3v) is 4.50. The van der Waals surface area contributed by atoms with Crippen LogP contribution in [0.2, 0.25) is 0 Å². The van der Waals surface area contributed by atoms with Crippen molar-refractivity contribution in [3.05, 3.63) is 52.3 Å². The summed E-state index contributed by atoms with van der Waals surface area (Å²) >= 11 is 0. The summed E-state index contributed by atoms with van der Waals surface area (Å²) in [7, 11) is 3.36. The fraction of sp³-hybridized carbons (Fsp3) is 0.444. The zero-order valence-corrected chi connectivity index (χ0v) is 15.2. The Kier molecular flexibility index (Phi) is 5.22. The van der Waals surface area contributed by atoms with E-state index in [2.05, 4.69) is 15.3 Å². The van der Waals surface area contributed by atoms with Gasteiger partial charge in [0, 0.05) is 39.3 Å². The van der Waals surface area contributed by atoms with Crippen LogP contribution in [0.25, 0.3) is 0 Å². The molecule has 140 valence electrons. The number of carbonyl (C=O) groups excluding carboxylic acids is 1. The summed E-state index contributed by atoms with van der Waals surface area (Å²) in [6, 6.07) is 5.01. The molecule has 0 aliphatic carbocycles. The number of nitrogens with zero attached hydrogens (tertiary/aromatic N) is 4. The number of aromatic nitrogens is 2. The number of urea groups is 1. The van der Waals surface area contributed by atoms with E-state index in [1.165, 1.54) is 4.90 Å². The second kappa shape index (κ2) is 7.41. The van der Waals surface area contributed by atoms with E-state index in [0.717, 1.165) is 11.4 Å². The van der Waals surface area contributed by atoms with Crippen LogP contribution >= 0.6 is 0 Å². The van der Waals surface area contributed by atoms with Crippen LogP contribution in [0.1, 0.15) is 22.5 Å². The van der Waals surface area contributed by atoms with Gasteiger partial charge >= 0.3 is 6.03 Å². The zero-order chi connectivity index (χ0) is 18.8. The molecule has 0 bridgehead atoms. The fourth-order valence-electron chi connectivity index (χ4n) is 2.97. The minimum absolute atomic E-state index is 0.172. The maximum absolute atomic E-state index is 14.1. The topological polar surface area (TPSA) is 53.4 Å². The Balaban J connectivity index is 1.65. The van der Waals surface area contributed by atoms with Crippen molar-refractivity contribution >= 4 is 6.03 Å². The minimum atomic E-state index is -0.775. The predicted molar refractivity (Wildman–Crippen MR) is 93.4 cm³/mol. The second-order valence-corrected chi connectivity index (χ2v) is 6.78. The molecular weight excluding hydrogens is 340 g/mol. The average Bonchev–Trinajstić information content (AvgIpc) is 3.02. The van der Waals surface area contributed by atoms with Gasteiger partial charge in [-0.05, 0) is 18.6 Å². The standard InChI is InChI=1S/C18H23F2N5O/c1-12-4-5-13(17(20)16(12)19)10-24-6-7-25-15(11-24)8-14(22-25)9-21-18(26)23(2)3/h4-5,8H,6-7,9-11H2,1-3H3,(H,21,26). The molecule has 0 fully saturated rings. The summed E-state index contributed by atoms with van der Waals surface area (Å²) in [4.78, 5) is 15.1. The Labute approximate surface area is 151 Å². The first-order valence-corrected chi connectivity index (χ1v) is 8.51. The van der Waals surface area contributed by atoms with Gasteiger partial charge in [-0.15, -0.1) is 0 Å². The van der Waals surface area contributed by atoms with Crippen molar-refractivity contribution in [2.24, 2.45) is 0 Å². The third kappa shape index (κ3) is 3.85. The van der Waals surface area contributed by atoms with Crippen LogP contribution in [-0.4, -0.2) is 46.3 Å². The normalized spacial score (nSPS) is 14.2. The van der Waals surface area contributed by atoms with E-state index in [0.29, 0.717) is 43.9 Å². The van der Waals surface area contributed by atoms with Gasteiger partial charge in [-0.3, -0.25) is 9.58 Å². The lowest BCUT2D eigenvalue weighted by atomic mass is 10.1. The highest BCUT2D eigenvalue weighted by atomic mass is 19.2. The zero-order valence-electron chi connectivity index (χ0n) is 15.2. The van der Waals surface area contributed by atoms with Crippen molar-refractivity contribution in [1.82, 2.24) is 24.9 Å². The van der Waals surface area contributed by atoms with Crippen LogP contribution in [0.15, 0.2) is 18.2 Å². The first-order valence-electron chi connectivity index (χ1n) is 8.51. The van der Waals surface area contributed by atoms with Gasteiger partial charge < -0.3 is 10.2 Å². The number of fused-ring (bicyclic) bond motifs is 1. The Morgan fingerprint density at radius 2 is 2.04 bits per heavy atom. The van der Waals surface area contributed by atoms with Gasteiger partial charge in [0.25, 0.3) is 0 Å². The number of carbonyl (C=O) groups is 1. The van der Waals surface area contributed by atoms with Crippen LogP contribution in [-0.2, 0) is 26.2 Å². The summed E-state index contributed by atoms with van der Waals surface area (Å²) in [6.07, 6.45) is 0. The smallest absolute Gasteiger partial charge is 0.317 e. The quantitative estimate of drug-likeness (QED) is 0.907. The highest BCUT2D eigenvalue weighted by Crippen LogP contribution is 2.20. The van der Waals surface area contributed by atoms with Gasteiger partial charge in [0.2, 0.25) is 0 Å². The van der Waals surface area contributed by atoms with E-state index in [1.807, 2.05) is 10.7 Å². The molecule has 1 aromatic heterocycles. The summed E-state index contributed by atoms with van der Waals surface area (Å²) in [5.74, 6) is -1.54. The summed E-state index contributed by atoms with van der Waals surface area (Å²) < 4.78 is 29.7. The summed E-state index contributed by atoms with van der Waals surface area (Å²) in [5.41, 5.74) is 2.45.